The smallest absolute Gasteiger partial charge is 0.323 e. The van der Waals surface area contributed by atoms with Gasteiger partial charge in [-0.1, -0.05) is 36.0 Å². The third-order valence-electron chi connectivity index (χ3n) is 5.05. The maximum atomic E-state index is 12.4. The summed E-state index contributed by atoms with van der Waals surface area (Å²) < 4.78 is 1.87. The minimum absolute atomic E-state index is 0.133. The fourth-order valence-corrected chi connectivity index (χ4v) is 3.79. The predicted octanol–water partition coefficient (Wildman–Crippen LogP) is 4.08. The molecule has 1 unspecified atom stereocenters. The fraction of sp³-hybridized carbons (Fsp3) is 0.273. The molecule has 0 radical (unpaired) electrons. The van der Waals surface area contributed by atoms with E-state index in [1.807, 2.05) is 35.9 Å². The minimum Gasteiger partial charge on any atom is -0.369 e. The van der Waals surface area contributed by atoms with E-state index >= 15 is 0 Å². The van der Waals surface area contributed by atoms with Crippen molar-refractivity contribution in [2.24, 2.45) is 12.8 Å². The fourth-order valence-electron chi connectivity index (χ4n) is 2.88. The van der Waals surface area contributed by atoms with Gasteiger partial charge < -0.3 is 20.9 Å². The molecule has 3 rings (SSSR count). The lowest BCUT2D eigenvalue weighted by molar-refractivity contribution is -0.122. The Balaban J connectivity index is 1.62. The van der Waals surface area contributed by atoms with Gasteiger partial charge in [0.25, 0.3) is 0 Å². The largest absolute Gasteiger partial charge is 0.369 e. The molecule has 31 heavy (non-hydrogen) atoms. The Kier molecular flexibility index (Phi) is 6.65. The number of aromatic nitrogens is 3. The number of anilines is 2. The van der Waals surface area contributed by atoms with Gasteiger partial charge in [0, 0.05) is 23.7 Å². The second-order valence-corrected chi connectivity index (χ2v) is 9.06. The van der Waals surface area contributed by atoms with Crippen LogP contribution in [0.1, 0.15) is 37.1 Å². The van der Waals surface area contributed by atoms with E-state index in [9.17, 15) is 9.59 Å². The second-order valence-electron chi connectivity index (χ2n) is 7.76. The van der Waals surface area contributed by atoms with Gasteiger partial charge >= 0.3 is 6.03 Å². The van der Waals surface area contributed by atoms with Crippen LogP contribution in [-0.4, -0.2) is 26.7 Å². The summed E-state index contributed by atoms with van der Waals surface area (Å²) in [4.78, 5) is 24.0. The van der Waals surface area contributed by atoms with E-state index in [1.54, 1.807) is 56.2 Å². The molecule has 0 spiro atoms. The first kappa shape index (κ1) is 22.4. The van der Waals surface area contributed by atoms with E-state index in [2.05, 4.69) is 27.8 Å². The van der Waals surface area contributed by atoms with Crippen molar-refractivity contribution in [3.8, 4) is 0 Å². The summed E-state index contributed by atoms with van der Waals surface area (Å²) in [5, 5.41) is 14.6. The number of amides is 3. The Morgan fingerprint density at radius 3 is 2.39 bits per heavy atom. The molecule has 3 amide bonds. The number of carbonyl (C=O) groups is 2. The molecule has 4 N–H and O–H groups in total. The number of hydrogen-bond donors (Lipinski definition) is 3. The Bertz CT molecular complexity index is 1080. The molecule has 1 aromatic heterocycles. The quantitative estimate of drug-likeness (QED) is 0.481. The zero-order chi connectivity index (χ0) is 22.6. The van der Waals surface area contributed by atoms with Crippen LogP contribution in [0.3, 0.4) is 0 Å². The lowest BCUT2D eigenvalue weighted by Crippen LogP contribution is -2.35. The molecule has 3 aromatic rings. The average molecular weight is 439 g/mol. The summed E-state index contributed by atoms with van der Waals surface area (Å²) in [6.07, 6.45) is 1.67. The zero-order valence-electron chi connectivity index (χ0n) is 17.9. The third kappa shape index (κ3) is 5.43. The van der Waals surface area contributed by atoms with Crippen molar-refractivity contribution in [3.05, 3.63) is 66.0 Å². The molecule has 8 nitrogen and oxygen atoms in total. The van der Waals surface area contributed by atoms with Crippen molar-refractivity contribution < 1.29 is 9.59 Å². The predicted molar refractivity (Wildman–Crippen MR) is 123 cm³/mol. The van der Waals surface area contributed by atoms with Crippen LogP contribution in [0.15, 0.2) is 60.0 Å². The molecule has 1 heterocycles. The number of urea groups is 1. The number of nitrogens with zero attached hydrogens (tertiary/aromatic N) is 3. The van der Waals surface area contributed by atoms with E-state index in [1.165, 1.54) is 0 Å². The lowest BCUT2D eigenvalue weighted by atomic mass is 9.84. The first-order valence-corrected chi connectivity index (χ1v) is 10.6. The number of carbonyl (C=O) groups excluding carboxylic acids is 2. The highest BCUT2D eigenvalue weighted by molar-refractivity contribution is 7.99. The van der Waals surface area contributed by atoms with Gasteiger partial charge in [0.2, 0.25) is 5.91 Å². The first-order chi connectivity index (χ1) is 14.7. The first-order valence-electron chi connectivity index (χ1n) is 9.76. The Labute approximate surface area is 185 Å². The van der Waals surface area contributed by atoms with Crippen molar-refractivity contribution in [1.82, 2.24) is 14.8 Å². The van der Waals surface area contributed by atoms with Gasteiger partial charge in [-0.25, -0.2) is 4.79 Å². The SMILES string of the molecule is CC(Sc1nncn1C)c1cccc(NC(=O)Nc2ccc(C(C)(C)C(N)=O)cc2)c1. The molecule has 162 valence electrons. The van der Waals surface area contributed by atoms with E-state index in [-0.39, 0.29) is 11.3 Å². The van der Waals surface area contributed by atoms with Crippen LogP contribution < -0.4 is 16.4 Å². The minimum atomic E-state index is -0.777. The zero-order valence-corrected chi connectivity index (χ0v) is 18.7. The molecule has 0 saturated carbocycles. The Morgan fingerprint density at radius 1 is 1.10 bits per heavy atom. The molecule has 0 fully saturated rings. The van der Waals surface area contributed by atoms with Gasteiger partial charge in [0.05, 0.1) is 5.41 Å². The van der Waals surface area contributed by atoms with E-state index in [0.717, 1.165) is 16.3 Å². The number of nitrogens with two attached hydrogens (primary N) is 1. The summed E-state index contributed by atoms with van der Waals surface area (Å²) in [7, 11) is 1.90. The van der Waals surface area contributed by atoms with Crippen molar-refractivity contribution in [2.45, 2.75) is 36.6 Å². The van der Waals surface area contributed by atoms with Crippen molar-refractivity contribution in [1.29, 1.82) is 0 Å². The van der Waals surface area contributed by atoms with Crippen LogP contribution in [0.5, 0.6) is 0 Å². The number of nitrogens with one attached hydrogen (secondary N) is 2. The highest BCUT2D eigenvalue weighted by atomic mass is 32.2. The number of rotatable bonds is 7. The summed E-state index contributed by atoms with van der Waals surface area (Å²) >= 11 is 1.59. The maximum absolute atomic E-state index is 12.4. The van der Waals surface area contributed by atoms with E-state index in [0.29, 0.717) is 11.4 Å². The molecule has 0 bridgehead atoms. The topological polar surface area (TPSA) is 115 Å². The lowest BCUT2D eigenvalue weighted by Gasteiger charge is -2.21. The number of hydrogen-bond acceptors (Lipinski definition) is 5. The molecule has 2 aromatic carbocycles. The van der Waals surface area contributed by atoms with Crippen LogP contribution in [0.4, 0.5) is 16.2 Å². The van der Waals surface area contributed by atoms with Crippen LogP contribution >= 0.6 is 11.8 Å². The van der Waals surface area contributed by atoms with Crippen LogP contribution in [0.25, 0.3) is 0 Å². The van der Waals surface area contributed by atoms with Gasteiger partial charge in [0.15, 0.2) is 5.16 Å². The standard InChI is InChI=1S/C22H26N6O2S/c1-14(31-21-27-24-13-28(21)4)15-6-5-7-18(12-15)26-20(30)25-17-10-8-16(9-11-17)22(2,3)19(23)29/h5-14H,1-4H3,(H2,23,29)(H2,25,26,30). The van der Waals surface area contributed by atoms with Crippen molar-refractivity contribution >= 4 is 35.1 Å². The Morgan fingerprint density at radius 2 is 1.77 bits per heavy atom. The molecular formula is C22H26N6O2S. The summed E-state index contributed by atoms with van der Waals surface area (Å²) in [6, 6.07) is 14.4. The van der Waals surface area contributed by atoms with Gasteiger partial charge in [-0.05, 0) is 56.2 Å². The molecule has 0 saturated heterocycles. The Hall–Kier alpha value is -3.33. The van der Waals surface area contributed by atoms with E-state index < -0.39 is 11.3 Å². The van der Waals surface area contributed by atoms with Gasteiger partial charge in [-0.2, -0.15) is 0 Å². The molecule has 0 aliphatic rings. The molecule has 0 aliphatic heterocycles. The van der Waals surface area contributed by atoms with Crippen LogP contribution in [0, 0.1) is 0 Å². The summed E-state index contributed by atoms with van der Waals surface area (Å²) in [5.41, 5.74) is 7.83. The number of aryl methyl sites for hydroxylation is 1. The normalized spacial score (nSPS) is 12.3. The number of thioether (sulfide) groups is 1. The van der Waals surface area contributed by atoms with Crippen molar-refractivity contribution in [2.75, 3.05) is 10.6 Å². The van der Waals surface area contributed by atoms with Gasteiger partial charge in [-0.15, -0.1) is 10.2 Å². The van der Waals surface area contributed by atoms with Crippen molar-refractivity contribution in [3.63, 3.8) is 0 Å². The average Bonchev–Trinajstić information content (AvgIpc) is 3.12. The summed E-state index contributed by atoms with van der Waals surface area (Å²) in [6.45, 7) is 5.61. The monoisotopic (exact) mass is 438 g/mol. The maximum Gasteiger partial charge on any atom is 0.323 e. The number of primary amides is 1. The van der Waals surface area contributed by atoms with E-state index in [4.69, 9.17) is 5.73 Å². The highest BCUT2D eigenvalue weighted by Crippen LogP contribution is 2.34. The highest BCUT2D eigenvalue weighted by Gasteiger charge is 2.27. The molecule has 1 atom stereocenters. The van der Waals surface area contributed by atoms with Crippen LogP contribution in [0.2, 0.25) is 0 Å². The van der Waals surface area contributed by atoms with Gasteiger partial charge in [-0.3, -0.25) is 4.79 Å². The molecule has 0 aliphatic carbocycles. The van der Waals surface area contributed by atoms with Crippen LogP contribution in [-0.2, 0) is 17.3 Å². The summed E-state index contributed by atoms with van der Waals surface area (Å²) in [5.74, 6) is -0.405. The molecular weight excluding hydrogens is 412 g/mol. The van der Waals surface area contributed by atoms with Gasteiger partial charge in [0.1, 0.15) is 6.33 Å². The third-order valence-corrected chi connectivity index (χ3v) is 6.25. The molecule has 9 heteroatoms. The number of benzene rings is 2. The second kappa shape index (κ2) is 9.22.